The summed E-state index contributed by atoms with van der Waals surface area (Å²) in [5.41, 5.74) is 1.32. The highest BCUT2D eigenvalue weighted by atomic mass is 16.2. The molecule has 0 aliphatic heterocycles. The van der Waals surface area contributed by atoms with Gasteiger partial charge in [-0.15, -0.1) is 0 Å². The minimum atomic E-state index is -0.146. The van der Waals surface area contributed by atoms with Crippen molar-refractivity contribution in [2.24, 2.45) is 0 Å². The molecule has 1 aromatic rings. The highest BCUT2D eigenvalue weighted by Crippen LogP contribution is 2.45. The van der Waals surface area contributed by atoms with Crippen LogP contribution in [0.25, 0.3) is 0 Å². The average Bonchev–Trinajstić information content (AvgIpc) is 3.10. The van der Waals surface area contributed by atoms with Gasteiger partial charge < -0.3 is 5.32 Å². The van der Waals surface area contributed by atoms with E-state index in [-0.39, 0.29) is 17.5 Å². The van der Waals surface area contributed by atoms with Gasteiger partial charge >= 0.3 is 0 Å². The Morgan fingerprint density at radius 3 is 2.44 bits per heavy atom. The van der Waals surface area contributed by atoms with Gasteiger partial charge in [-0.1, -0.05) is 30.3 Å². The van der Waals surface area contributed by atoms with Crippen LogP contribution in [0.3, 0.4) is 0 Å². The molecular weight excluding hydrogens is 200 g/mol. The fraction of sp³-hybridized carbons (Fsp3) is 0.462. The first-order chi connectivity index (χ1) is 7.68. The van der Waals surface area contributed by atoms with Crippen LogP contribution in [0.1, 0.15) is 25.3 Å². The minimum absolute atomic E-state index is 0.0349. The lowest BCUT2D eigenvalue weighted by atomic mass is 10.0. The molecule has 1 amide bonds. The summed E-state index contributed by atoms with van der Waals surface area (Å²) in [5.74, 6) is 0.0437. The van der Waals surface area contributed by atoms with Crippen LogP contribution in [0.15, 0.2) is 30.3 Å². The van der Waals surface area contributed by atoms with Crippen LogP contribution in [0.2, 0.25) is 0 Å². The highest BCUT2D eigenvalue weighted by Gasteiger charge is 2.45. The predicted molar refractivity (Wildman–Crippen MR) is 64.0 cm³/mol. The lowest BCUT2D eigenvalue weighted by molar-refractivity contribution is -0.122. The summed E-state index contributed by atoms with van der Waals surface area (Å²) in [7, 11) is 1.67. The molecule has 2 N–H and O–H groups in total. The second-order valence-corrected chi connectivity index (χ2v) is 4.43. The van der Waals surface area contributed by atoms with Crippen LogP contribution in [0.4, 0.5) is 0 Å². The average molecular weight is 218 g/mol. The smallest absolute Gasteiger partial charge is 0.236 e. The van der Waals surface area contributed by atoms with E-state index in [9.17, 15) is 4.79 Å². The van der Waals surface area contributed by atoms with E-state index in [1.54, 1.807) is 7.05 Å². The summed E-state index contributed by atoms with van der Waals surface area (Å²) < 4.78 is 0. The van der Waals surface area contributed by atoms with Gasteiger partial charge in [-0.3, -0.25) is 10.1 Å². The van der Waals surface area contributed by atoms with E-state index in [1.807, 2.05) is 25.1 Å². The third kappa shape index (κ3) is 2.09. The van der Waals surface area contributed by atoms with Crippen molar-refractivity contribution < 1.29 is 4.79 Å². The summed E-state index contributed by atoms with van der Waals surface area (Å²) in [4.78, 5) is 11.5. The summed E-state index contributed by atoms with van der Waals surface area (Å²) in [6.07, 6.45) is 2.22. The van der Waals surface area contributed by atoms with Gasteiger partial charge in [0.15, 0.2) is 0 Å². The van der Waals surface area contributed by atoms with Crippen LogP contribution in [-0.4, -0.2) is 19.0 Å². The topological polar surface area (TPSA) is 41.1 Å². The van der Waals surface area contributed by atoms with Crippen molar-refractivity contribution in [3.8, 4) is 0 Å². The molecule has 1 fully saturated rings. The number of likely N-dealkylation sites (N-methyl/N-ethyl adjacent to an activating group) is 1. The van der Waals surface area contributed by atoms with Gasteiger partial charge in [0.05, 0.1) is 6.04 Å². The van der Waals surface area contributed by atoms with Crippen molar-refractivity contribution >= 4 is 5.91 Å². The first kappa shape index (κ1) is 11.1. The summed E-state index contributed by atoms with van der Waals surface area (Å²) in [5, 5.41) is 6.09. The van der Waals surface area contributed by atoms with E-state index in [4.69, 9.17) is 0 Å². The van der Waals surface area contributed by atoms with Crippen molar-refractivity contribution in [3.05, 3.63) is 35.9 Å². The predicted octanol–water partition coefficient (Wildman–Crippen LogP) is 1.40. The number of carbonyl (C=O) groups is 1. The molecule has 1 aliphatic rings. The van der Waals surface area contributed by atoms with Gasteiger partial charge in [0.2, 0.25) is 5.91 Å². The Hall–Kier alpha value is -1.35. The van der Waals surface area contributed by atoms with Crippen molar-refractivity contribution in [3.63, 3.8) is 0 Å². The zero-order valence-corrected chi connectivity index (χ0v) is 9.79. The van der Waals surface area contributed by atoms with Gasteiger partial charge in [-0.05, 0) is 25.3 Å². The molecule has 86 valence electrons. The molecule has 16 heavy (non-hydrogen) atoms. The maximum Gasteiger partial charge on any atom is 0.236 e. The molecule has 3 nitrogen and oxygen atoms in total. The molecule has 1 saturated carbocycles. The summed E-state index contributed by atoms with van der Waals surface area (Å²) >= 11 is 0. The highest BCUT2D eigenvalue weighted by molar-refractivity contribution is 5.81. The van der Waals surface area contributed by atoms with E-state index in [1.165, 1.54) is 5.56 Å². The van der Waals surface area contributed by atoms with Gasteiger partial charge in [0.1, 0.15) is 0 Å². The van der Waals surface area contributed by atoms with Gasteiger partial charge in [-0.25, -0.2) is 0 Å². The molecule has 2 rings (SSSR count). The lowest BCUT2D eigenvalue weighted by Gasteiger charge is -2.22. The molecule has 0 aromatic heterocycles. The first-order valence-electron chi connectivity index (χ1n) is 5.73. The van der Waals surface area contributed by atoms with Gasteiger partial charge in [0.25, 0.3) is 0 Å². The molecule has 1 aliphatic carbocycles. The third-order valence-corrected chi connectivity index (χ3v) is 3.21. The Balaban J connectivity index is 2.07. The normalized spacial score (nSPS) is 18.9. The molecule has 1 atom stereocenters. The van der Waals surface area contributed by atoms with Crippen molar-refractivity contribution in [2.45, 2.75) is 31.3 Å². The monoisotopic (exact) mass is 218 g/mol. The second kappa shape index (κ2) is 4.26. The van der Waals surface area contributed by atoms with Crippen molar-refractivity contribution in [1.29, 1.82) is 0 Å². The number of carbonyl (C=O) groups excluding carboxylic acids is 1. The van der Waals surface area contributed by atoms with E-state index in [0.29, 0.717) is 0 Å². The molecule has 0 saturated heterocycles. The van der Waals surface area contributed by atoms with Crippen LogP contribution in [0.5, 0.6) is 0 Å². The molecule has 0 spiro atoms. The first-order valence-corrected chi connectivity index (χ1v) is 5.73. The number of benzene rings is 1. The molecular formula is C13H18N2O. The fourth-order valence-corrected chi connectivity index (χ4v) is 2.10. The largest absolute Gasteiger partial charge is 0.358 e. The number of hydrogen-bond donors (Lipinski definition) is 2. The summed E-state index contributed by atoms with van der Waals surface area (Å²) in [6, 6.07) is 10.2. The zero-order chi connectivity index (χ0) is 11.6. The van der Waals surface area contributed by atoms with Crippen molar-refractivity contribution in [2.75, 3.05) is 7.05 Å². The second-order valence-electron chi connectivity index (χ2n) is 4.43. The van der Waals surface area contributed by atoms with Crippen LogP contribution < -0.4 is 10.6 Å². The van der Waals surface area contributed by atoms with E-state index in [2.05, 4.69) is 22.8 Å². The number of rotatable bonds is 4. The van der Waals surface area contributed by atoms with Crippen LogP contribution in [0, 0.1) is 0 Å². The quantitative estimate of drug-likeness (QED) is 0.802. The Morgan fingerprint density at radius 1 is 1.31 bits per heavy atom. The number of hydrogen-bond acceptors (Lipinski definition) is 2. The Bertz CT molecular complexity index is 371. The molecule has 0 heterocycles. The third-order valence-electron chi connectivity index (χ3n) is 3.21. The minimum Gasteiger partial charge on any atom is -0.358 e. The van der Waals surface area contributed by atoms with E-state index < -0.39 is 0 Å². The Labute approximate surface area is 96.2 Å². The SMILES string of the molecule is CNC(=O)C(C)NC1(c2ccccc2)CC1. The number of nitrogens with one attached hydrogen (secondary N) is 2. The fourth-order valence-electron chi connectivity index (χ4n) is 2.10. The zero-order valence-electron chi connectivity index (χ0n) is 9.79. The van der Waals surface area contributed by atoms with Gasteiger partial charge in [-0.2, -0.15) is 0 Å². The van der Waals surface area contributed by atoms with Crippen LogP contribution >= 0.6 is 0 Å². The van der Waals surface area contributed by atoms with Gasteiger partial charge in [0, 0.05) is 12.6 Å². The van der Waals surface area contributed by atoms with Crippen LogP contribution in [-0.2, 0) is 10.3 Å². The molecule has 1 aromatic carbocycles. The van der Waals surface area contributed by atoms with E-state index >= 15 is 0 Å². The Morgan fingerprint density at radius 2 is 1.94 bits per heavy atom. The van der Waals surface area contributed by atoms with Crippen molar-refractivity contribution in [1.82, 2.24) is 10.6 Å². The molecule has 0 radical (unpaired) electrons. The molecule has 3 heteroatoms. The molecule has 1 unspecified atom stereocenters. The Kier molecular flexibility index (Phi) is 2.97. The standard InChI is InChI=1S/C13H18N2O/c1-10(12(16)14-2)15-13(8-9-13)11-6-4-3-5-7-11/h3-7,10,15H,8-9H2,1-2H3,(H,14,16). The number of amides is 1. The molecule has 0 bridgehead atoms. The lowest BCUT2D eigenvalue weighted by Crippen LogP contribution is -2.45. The maximum absolute atomic E-state index is 11.5. The van der Waals surface area contributed by atoms with E-state index in [0.717, 1.165) is 12.8 Å². The maximum atomic E-state index is 11.5. The summed E-state index contributed by atoms with van der Waals surface area (Å²) in [6.45, 7) is 1.90.